The van der Waals surface area contributed by atoms with Gasteiger partial charge in [0.25, 0.3) is 0 Å². The summed E-state index contributed by atoms with van der Waals surface area (Å²) < 4.78 is 10.4. The maximum atomic E-state index is 11.6. The first-order valence-electron chi connectivity index (χ1n) is 4.66. The molecule has 0 aliphatic rings. The monoisotopic (exact) mass is 239 g/mol. The largest absolute Gasteiger partial charge is 0.493 e. The van der Waals surface area contributed by atoms with Crippen LogP contribution >= 0.6 is 11.6 Å². The van der Waals surface area contributed by atoms with Gasteiger partial charge in [-0.05, 0) is 12.1 Å². The number of ether oxygens (including phenoxy) is 1. The van der Waals surface area contributed by atoms with Crippen molar-refractivity contribution in [2.45, 2.75) is 0 Å². The van der Waals surface area contributed by atoms with E-state index in [0.717, 1.165) is 0 Å². The van der Waals surface area contributed by atoms with Crippen LogP contribution < -0.4 is 10.5 Å². The van der Waals surface area contributed by atoms with Crippen LogP contribution in [0.3, 0.4) is 0 Å². The summed E-state index contributed by atoms with van der Waals surface area (Å²) in [6, 6.07) is 3.23. The maximum absolute atomic E-state index is 11.6. The highest BCUT2D eigenvalue weighted by Crippen LogP contribution is 2.35. The molecular formula is C11H10ClNO3. The molecule has 1 aromatic carbocycles. The van der Waals surface area contributed by atoms with Gasteiger partial charge in [-0.25, -0.2) is 0 Å². The van der Waals surface area contributed by atoms with Gasteiger partial charge in [-0.15, -0.1) is 0 Å². The van der Waals surface area contributed by atoms with Crippen molar-refractivity contribution in [3.63, 3.8) is 0 Å². The molecule has 1 heterocycles. The van der Waals surface area contributed by atoms with E-state index < -0.39 is 0 Å². The smallest absolute Gasteiger partial charge is 0.178 e. The van der Waals surface area contributed by atoms with Crippen LogP contribution in [0.5, 0.6) is 5.75 Å². The normalized spacial score (nSPS) is 10.7. The zero-order valence-corrected chi connectivity index (χ0v) is 9.38. The van der Waals surface area contributed by atoms with E-state index in [0.29, 0.717) is 27.3 Å². The summed E-state index contributed by atoms with van der Waals surface area (Å²) in [6.45, 7) is -0.0910. The number of methoxy groups -OCH3 is 1. The molecule has 0 unspecified atom stereocenters. The molecule has 0 aliphatic heterocycles. The number of halogens is 1. The molecule has 5 heteroatoms. The molecule has 84 valence electrons. The number of carbonyl (C=O) groups excluding carboxylic acids is 1. The van der Waals surface area contributed by atoms with Crippen LogP contribution in [0.2, 0.25) is 5.02 Å². The molecule has 0 spiro atoms. The third-order valence-corrected chi connectivity index (χ3v) is 2.75. The third kappa shape index (κ3) is 1.56. The van der Waals surface area contributed by atoms with Crippen LogP contribution in [0.15, 0.2) is 22.8 Å². The average Bonchev–Trinajstić information content (AvgIpc) is 2.78. The minimum Gasteiger partial charge on any atom is -0.493 e. The fourth-order valence-electron chi connectivity index (χ4n) is 1.54. The van der Waals surface area contributed by atoms with Gasteiger partial charge >= 0.3 is 0 Å². The molecular weight excluding hydrogens is 230 g/mol. The summed E-state index contributed by atoms with van der Waals surface area (Å²) in [5.74, 6) is 0.243. The molecule has 4 nitrogen and oxygen atoms in total. The second-order valence-corrected chi connectivity index (χ2v) is 3.61. The Labute approximate surface area is 96.9 Å². The molecule has 16 heavy (non-hydrogen) atoms. The topological polar surface area (TPSA) is 65.5 Å². The summed E-state index contributed by atoms with van der Waals surface area (Å²) in [5, 5.41) is 0.998. The van der Waals surface area contributed by atoms with E-state index in [1.54, 1.807) is 12.1 Å². The van der Waals surface area contributed by atoms with Crippen LogP contribution in [-0.4, -0.2) is 19.4 Å². The van der Waals surface area contributed by atoms with E-state index in [4.69, 9.17) is 26.5 Å². The number of hydrogen-bond donors (Lipinski definition) is 1. The van der Waals surface area contributed by atoms with Crippen molar-refractivity contribution in [2.24, 2.45) is 5.73 Å². The van der Waals surface area contributed by atoms with Crippen molar-refractivity contribution in [3.8, 4) is 5.75 Å². The Kier molecular flexibility index (Phi) is 2.85. The molecule has 1 aromatic heterocycles. The van der Waals surface area contributed by atoms with Crippen molar-refractivity contribution >= 4 is 28.4 Å². The van der Waals surface area contributed by atoms with Gasteiger partial charge in [0.2, 0.25) is 0 Å². The maximum Gasteiger partial charge on any atom is 0.178 e. The number of benzene rings is 1. The van der Waals surface area contributed by atoms with Gasteiger partial charge < -0.3 is 14.9 Å². The van der Waals surface area contributed by atoms with Crippen molar-refractivity contribution in [3.05, 3.63) is 29.0 Å². The number of Topliss-reactive ketones (excluding diaryl/α,β-unsaturated/α-hetero) is 1. The number of ketones is 1. The lowest BCUT2D eigenvalue weighted by molar-refractivity contribution is 0.100. The number of furan rings is 1. The Morgan fingerprint density at radius 1 is 1.62 bits per heavy atom. The number of nitrogens with two attached hydrogens (primary N) is 1. The van der Waals surface area contributed by atoms with E-state index in [1.807, 2.05) is 0 Å². The first kappa shape index (κ1) is 11.0. The summed E-state index contributed by atoms with van der Waals surface area (Å²) in [7, 11) is 1.50. The molecule has 0 saturated heterocycles. The van der Waals surface area contributed by atoms with Gasteiger partial charge in [-0.3, -0.25) is 4.79 Å². The van der Waals surface area contributed by atoms with Crippen molar-refractivity contribution < 1.29 is 13.9 Å². The first-order chi connectivity index (χ1) is 7.69. The van der Waals surface area contributed by atoms with E-state index in [2.05, 4.69) is 0 Å². The highest BCUT2D eigenvalue weighted by Gasteiger charge is 2.17. The molecule has 2 rings (SSSR count). The lowest BCUT2D eigenvalue weighted by Gasteiger charge is -2.06. The molecule has 0 amide bonds. The Bertz CT molecular complexity index is 547. The SMILES string of the molecule is COc1cc(C(=O)CN)c(Cl)c2ccoc12. The highest BCUT2D eigenvalue weighted by molar-refractivity contribution is 6.39. The molecule has 0 atom stereocenters. The Morgan fingerprint density at radius 3 is 3.00 bits per heavy atom. The molecule has 2 aromatic rings. The van der Waals surface area contributed by atoms with Gasteiger partial charge in [0.05, 0.1) is 24.9 Å². The van der Waals surface area contributed by atoms with Crippen molar-refractivity contribution in [2.75, 3.05) is 13.7 Å². The summed E-state index contributed by atoms with van der Waals surface area (Å²) in [5.41, 5.74) is 6.20. The summed E-state index contributed by atoms with van der Waals surface area (Å²) >= 11 is 6.09. The molecule has 2 N–H and O–H groups in total. The lowest BCUT2D eigenvalue weighted by atomic mass is 10.1. The van der Waals surface area contributed by atoms with Crippen LogP contribution in [-0.2, 0) is 0 Å². The standard InChI is InChI=1S/C11H10ClNO3/c1-15-9-4-7(8(14)5-13)10(12)6-2-3-16-11(6)9/h2-4H,5,13H2,1H3. The first-order valence-corrected chi connectivity index (χ1v) is 5.03. The van der Waals surface area contributed by atoms with Crippen LogP contribution in [0.4, 0.5) is 0 Å². The van der Waals surface area contributed by atoms with Crippen LogP contribution in [0.25, 0.3) is 11.0 Å². The van der Waals surface area contributed by atoms with E-state index in [9.17, 15) is 4.79 Å². The number of fused-ring (bicyclic) bond motifs is 1. The van der Waals surface area contributed by atoms with Gasteiger partial charge in [-0.2, -0.15) is 0 Å². The van der Waals surface area contributed by atoms with E-state index in [-0.39, 0.29) is 12.3 Å². The molecule has 0 aliphatic carbocycles. The molecule has 0 fully saturated rings. The fraction of sp³-hybridized carbons (Fsp3) is 0.182. The van der Waals surface area contributed by atoms with Gasteiger partial charge in [0, 0.05) is 10.9 Å². The molecule has 0 radical (unpaired) electrons. The van der Waals surface area contributed by atoms with Crippen molar-refractivity contribution in [1.82, 2.24) is 0 Å². The highest BCUT2D eigenvalue weighted by atomic mass is 35.5. The van der Waals surface area contributed by atoms with Gasteiger partial charge in [-0.1, -0.05) is 11.6 Å². The Balaban J connectivity index is 2.75. The van der Waals surface area contributed by atoms with Crippen LogP contribution in [0, 0.1) is 0 Å². The lowest BCUT2D eigenvalue weighted by Crippen LogP contribution is -2.14. The number of hydrogen-bond acceptors (Lipinski definition) is 4. The molecule has 0 bridgehead atoms. The zero-order chi connectivity index (χ0) is 11.7. The predicted octanol–water partition coefficient (Wildman–Crippen LogP) is 2.24. The van der Waals surface area contributed by atoms with Gasteiger partial charge in [0.1, 0.15) is 0 Å². The second kappa shape index (κ2) is 4.15. The minimum atomic E-state index is -0.230. The third-order valence-electron chi connectivity index (χ3n) is 2.34. The van der Waals surface area contributed by atoms with E-state index in [1.165, 1.54) is 13.4 Å². The quantitative estimate of drug-likeness (QED) is 0.835. The summed E-state index contributed by atoms with van der Waals surface area (Å²) in [6.07, 6.45) is 1.50. The summed E-state index contributed by atoms with van der Waals surface area (Å²) in [4.78, 5) is 11.6. The number of rotatable bonds is 3. The average molecular weight is 240 g/mol. The predicted molar refractivity (Wildman–Crippen MR) is 61.2 cm³/mol. The Morgan fingerprint density at radius 2 is 2.38 bits per heavy atom. The minimum absolute atomic E-state index is 0.0910. The Hall–Kier alpha value is -1.52. The van der Waals surface area contributed by atoms with Crippen LogP contribution in [0.1, 0.15) is 10.4 Å². The molecule has 0 saturated carbocycles. The van der Waals surface area contributed by atoms with E-state index >= 15 is 0 Å². The fourth-order valence-corrected chi connectivity index (χ4v) is 1.85. The van der Waals surface area contributed by atoms with Crippen molar-refractivity contribution in [1.29, 1.82) is 0 Å². The zero-order valence-electron chi connectivity index (χ0n) is 8.62. The number of carbonyl (C=O) groups is 1. The van der Waals surface area contributed by atoms with Gasteiger partial charge in [0.15, 0.2) is 17.1 Å². The second-order valence-electron chi connectivity index (χ2n) is 3.23.